The Balaban J connectivity index is 1.43. The number of urea groups is 1. The van der Waals surface area contributed by atoms with E-state index < -0.39 is 0 Å². The number of carbonyl (C=O) groups is 2. The lowest BCUT2D eigenvalue weighted by Gasteiger charge is -2.37. The van der Waals surface area contributed by atoms with Crippen molar-refractivity contribution in [3.05, 3.63) is 17.2 Å². The number of amides is 3. The van der Waals surface area contributed by atoms with E-state index in [1.54, 1.807) is 12.1 Å². The Morgan fingerprint density at radius 2 is 2.04 bits per heavy atom. The van der Waals surface area contributed by atoms with Crippen LogP contribution in [0.15, 0.2) is 12.1 Å². The predicted octanol–water partition coefficient (Wildman–Crippen LogP) is 2.76. The van der Waals surface area contributed by atoms with Crippen LogP contribution in [-0.4, -0.2) is 60.6 Å². The highest BCUT2D eigenvalue weighted by atomic mass is 35.5. The Kier molecular flexibility index (Phi) is 4.91. The van der Waals surface area contributed by atoms with Gasteiger partial charge in [-0.15, -0.1) is 0 Å². The Hall–Kier alpha value is -1.99. The third-order valence-electron chi connectivity index (χ3n) is 5.28. The van der Waals surface area contributed by atoms with E-state index in [0.717, 1.165) is 39.0 Å². The van der Waals surface area contributed by atoms with Gasteiger partial charge in [0, 0.05) is 25.2 Å². The molecule has 1 atom stereocenters. The van der Waals surface area contributed by atoms with Gasteiger partial charge in [0.05, 0.1) is 16.4 Å². The van der Waals surface area contributed by atoms with Gasteiger partial charge in [0.2, 0.25) is 0 Å². The fraction of sp³-hybridized carbons (Fsp3) is 0.556. The second kappa shape index (κ2) is 7.32. The number of nitrogens with zero attached hydrogens (tertiary/aromatic N) is 2. The van der Waals surface area contributed by atoms with Crippen LogP contribution in [0.2, 0.25) is 5.02 Å². The predicted molar refractivity (Wildman–Crippen MR) is 100.0 cm³/mol. The molecule has 0 aromatic heterocycles. The number of piperidine rings is 1. The monoisotopic (exact) mass is 378 g/mol. The topological polar surface area (TPSA) is 73.9 Å². The molecule has 1 aromatic rings. The van der Waals surface area contributed by atoms with Crippen LogP contribution in [0.4, 0.5) is 16.2 Å². The minimum absolute atomic E-state index is 0.0361. The summed E-state index contributed by atoms with van der Waals surface area (Å²) in [6, 6.07) is 3.58. The maximum Gasteiger partial charge on any atom is 0.321 e. The van der Waals surface area contributed by atoms with Crippen molar-refractivity contribution in [1.29, 1.82) is 0 Å². The van der Waals surface area contributed by atoms with Gasteiger partial charge in [0.1, 0.15) is 5.75 Å². The van der Waals surface area contributed by atoms with Gasteiger partial charge in [-0.1, -0.05) is 11.6 Å². The summed E-state index contributed by atoms with van der Waals surface area (Å²) >= 11 is 6.28. The first-order valence-corrected chi connectivity index (χ1v) is 9.54. The Morgan fingerprint density at radius 3 is 2.85 bits per heavy atom. The Labute approximate surface area is 157 Å². The molecule has 0 bridgehead atoms. The van der Waals surface area contributed by atoms with Gasteiger partial charge < -0.3 is 20.3 Å². The number of fused-ring (bicyclic) bond motifs is 1. The molecule has 140 valence electrons. The molecule has 0 unspecified atom stereocenters. The molecular weight excluding hydrogens is 356 g/mol. The van der Waals surface area contributed by atoms with Crippen LogP contribution < -0.4 is 15.4 Å². The molecule has 2 N–H and O–H groups in total. The SMILES string of the molecule is O=C1COc2cc(NC(=O)N3CCC[C@H](N4CCCC4)C3)c(Cl)cc2N1. The van der Waals surface area contributed by atoms with E-state index in [0.29, 0.717) is 28.2 Å². The summed E-state index contributed by atoms with van der Waals surface area (Å²) in [6.45, 7) is 3.75. The number of carbonyl (C=O) groups excluding carboxylic acids is 2. The van der Waals surface area contributed by atoms with Crippen LogP contribution in [0.3, 0.4) is 0 Å². The number of nitrogens with one attached hydrogen (secondary N) is 2. The van der Waals surface area contributed by atoms with Crippen molar-refractivity contribution in [2.24, 2.45) is 0 Å². The smallest absolute Gasteiger partial charge is 0.321 e. The summed E-state index contributed by atoms with van der Waals surface area (Å²) < 4.78 is 5.40. The number of anilines is 2. The molecule has 0 saturated carbocycles. The van der Waals surface area contributed by atoms with E-state index in [4.69, 9.17) is 16.3 Å². The van der Waals surface area contributed by atoms with Gasteiger partial charge >= 0.3 is 6.03 Å². The molecule has 2 saturated heterocycles. The summed E-state index contributed by atoms with van der Waals surface area (Å²) in [5.74, 6) is 0.296. The molecule has 3 aliphatic heterocycles. The quantitative estimate of drug-likeness (QED) is 0.829. The molecule has 1 aromatic carbocycles. The summed E-state index contributed by atoms with van der Waals surface area (Å²) in [5.41, 5.74) is 1.02. The standard InChI is InChI=1S/C18H23ClN4O3/c19-13-8-15-16(26-11-17(24)20-15)9-14(13)21-18(25)23-7-3-4-12(10-23)22-5-1-2-6-22/h8-9,12H,1-7,10-11H2,(H,20,24)(H,21,25)/t12-/m0/s1. The number of hydrogen-bond acceptors (Lipinski definition) is 4. The van der Waals surface area contributed by atoms with Gasteiger partial charge in [0.15, 0.2) is 6.61 Å². The van der Waals surface area contributed by atoms with Crippen LogP contribution in [0, 0.1) is 0 Å². The van der Waals surface area contributed by atoms with Crippen LogP contribution in [0.1, 0.15) is 25.7 Å². The van der Waals surface area contributed by atoms with Gasteiger partial charge in [-0.3, -0.25) is 9.69 Å². The second-order valence-corrected chi connectivity index (χ2v) is 7.49. The normalized spacial score (nSPS) is 23.2. The number of ether oxygens (including phenoxy) is 1. The molecule has 3 heterocycles. The summed E-state index contributed by atoms with van der Waals surface area (Å²) in [6.07, 6.45) is 4.67. The Bertz CT molecular complexity index is 721. The zero-order valence-electron chi connectivity index (χ0n) is 14.6. The van der Waals surface area contributed by atoms with Crippen molar-refractivity contribution in [2.45, 2.75) is 31.7 Å². The van der Waals surface area contributed by atoms with E-state index in [1.165, 1.54) is 12.8 Å². The van der Waals surface area contributed by atoms with Gasteiger partial charge in [-0.25, -0.2) is 4.79 Å². The van der Waals surface area contributed by atoms with Crippen molar-refractivity contribution in [2.75, 3.05) is 43.4 Å². The summed E-state index contributed by atoms with van der Waals surface area (Å²) in [4.78, 5) is 28.5. The van der Waals surface area contributed by atoms with Gasteiger partial charge in [-0.2, -0.15) is 0 Å². The minimum Gasteiger partial charge on any atom is -0.482 e. The lowest BCUT2D eigenvalue weighted by atomic mass is 10.0. The van der Waals surface area contributed by atoms with Crippen molar-refractivity contribution in [1.82, 2.24) is 9.80 Å². The second-order valence-electron chi connectivity index (χ2n) is 7.08. The van der Waals surface area contributed by atoms with Crippen molar-refractivity contribution < 1.29 is 14.3 Å². The summed E-state index contributed by atoms with van der Waals surface area (Å²) in [7, 11) is 0. The van der Waals surface area contributed by atoms with Gasteiger partial charge in [0.25, 0.3) is 5.91 Å². The lowest BCUT2D eigenvalue weighted by Crippen LogP contribution is -2.50. The number of likely N-dealkylation sites (tertiary alicyclic amines) is 2. The minimum atomic E-state index is -0.216. The van der Waals surface area contributed by atoms with E-state index in [9.17, 15) is 9.59 Å². The first-order valence-electron chi connectivity index (χ1n) is 9.16. The average Bonchev–Trinajstić information content (AvgIpc) is 3.17. The summed E-state index contributed by atoms with van der Waals surface area (Å²) in [5, 5.41) is 5.97. The van der Waals surface area contributed by atoms with E-state index in [2.05, 4.69) is 15.5 Å². The van der Waals surface area contributed by atoms with Crippen LogP contribution in [0.25, 0.3) is 0 Å². The fourth-order valence-corrected chi connectivity index (χ4v) is 4.15. The zero-order chi connectivity index (χ0) is 18.1. The highest BCUT2D eigenvalue weighted by Gasteiger charge is 2.29. The van der Waals surface area contributed by atoms with Crippen molar-refractivity contribution >= 4 is 34.9 Å². The van der Waals surface area contributed by atoms with Crippen molar-refractivity contribution in [3.8, 4) is 5.75 Å². The molecule has 7 nitrogen and oxygen atoms in total. The number of benzene rings is 1. The molecule has 0 radical (unpaired) electrons. The molecule has 3 amide bonds. The third-order valence-corrected chi connectivity index (χ3v) is 5.60. The number of halogens is 1. The molecule has 0 aliphatic carbocycles. The van der Waals surface area contributed by atoms with Crippen molar-refractivity contribution in [3.63, 3.8) is 0 Å². The third kappa shape index (κ3) is 3.59. The fourth-order valence-electron chi connectivity index (χ4n) is 3.93. The maximum atomic E-state index is 12.7. The highest BCUT2D eigenvalue weighted by molar-refractivity contribution is 6.34. The van der Waals surface area contributed by atoms with Crippen LogP contribution in [-0.2, 0) is 4.79 Å². The largest absolute Gasteiger partial charge is 0.482 e. The van der Waals surface area contributed by atoms with Crippen LogP contribution in [0.5, 0.6) is 5.75 Å². The van der Waals surface area contributed by atoms with Gasteiger partial charge in [-0.05, 0) is 44.8 Å². The maximum absolute atomic E-state index is 12.7. The number of rotatable bonds is 2. The molecule has 3 aliphatic rings. The lowest BCUT2D eigenvalue weighted by molar-refractivity contribution is -0.118. The average molecular weight is 379 g/mol. The zero-order valence-corrected chi connectivity index (χ0v) is 15.3. The molecule has 0 spiro atoms. The molecule has 26 heavy (non-hydrogen) atoms. The molecule has 4 rings (SSSR count). The van der Waals surface area contributed by atoms with E-state index in [-0.39, 0.29) is 18.5 Å². The van der Waals surface area contributed by atoms with E-state index in [1.807, 2.05) is 4.90 Å². The Morgan fingerprint density at radius 1 is 1.23 bits per heavy atom. The van der Waals surface area contributed by atoms with Crippen LogP contribution >= 0.6 is 11.6 Å². The highest BCUT2D eigenvalue weighted by Crippen LogP contribution is 2.36. The number of hydrogen-bond donors (Lipinski definition) is 2. The molecular formula is C18H23ClN4O3. The molecule has 2 fully saturated rings. The molecule has 8 heteroatoms. The van der Waals surface area contributed by atoms with E-state index >= 15 is 0 Å². The first-order chi connectivity index (χ1) is 12.6. The first kappa shape index (κ1) is 17.4.